The summed E-state index contributed by atoms with van der Waals surface area (Å²) in [5, 5.41) is 2.45. The molecule has 0 heterocycles. The van der Waals surface area contributed by atoms with Crippen molar-refractivity contribution in [1.82, 2.24) is 5.32 Å². The second kappa shape index (κ2) is 8.03. The minimum absolute atomic E-state index is 0.304. The van der Waals surface area contributed by atoms with Crippen molar-refractivity contribution in [1.29, 1.82) is 0 Å². The van der Waals surface area contributed by atoms with Crippen molar-refractivity contribution in [2.75, 3.05) is 6.54 Å². The van der Waals surface area contributed by atoms with Gasteiger partial charge in [-0.1, -0.05) is 31.5 Å². The van der Waals surface area contributed by atoms with Crippen LogP contribution in [0.15, 0.2) is 24.3 Å². The Hall–Kier alpha value is -2.25. The lowest BCUT2D eigenvalue weighted by molar-refractivity contribution is -0.221. The number of nitrogens with one attached hydrogen (secondary N) is 1. The lowest BCUT2D eigenvalue weighted by Crippen LogP contribution is -2.48. The summed E-state index contributed by atoms with van der Waals surface area (Å²) in [6, 6.07) is 6.61. The summed E-state index contributed by atoms with van der Waals surface area (Å²) in [5.74, 6) is -2.16. The molecular formula is C16H21F3N2O3. The molecule has 3 N–H and O–H groups in total. The first-order valence-electron chi connectivity index (χ1n) is 7.40. The van der Waals surface area contributed by atoms with Gasteiger partial charge in [0.2, 0.25) is 6.10 Å². The molecule has 1 aromatic carbocycles. The van der Waals surface area contributed by atoms with Crippen LogP contribution in [-0.4, -0.2) is 30.8 Å². The fourth-order valence-electron chi connectivity index (χ4n) is 2.23. The highest BCUT2D eigenvalue weighted by Crippen LogP contribution is 2.32. The predicted octanol–water partition coefficient (Wildman–Crippen LogP) is 3.02. The van der Waals surface area contributed by atoms with E-state index in [4.69, 9.17) is 5.73 Å². The molecule has 134 valence electrons. The van der Waals surface area contributed by atoms with Crippen molar-refractivity contribution in [3.63, 3.8) is 0 Å². The number of carbonyl (C=O) groups is 2. The van der Waals surface area contributed by atoms with E-state index in [2.05, 4.69) is 10.1 Å². The molecule has 24 heavy (non-hydrogen) atoms. The average Bonchev–Trinajstić information content (AvgIpc) is 2.45. The topological polar surface area (TPSA) is 81.4 Å². The van der Waals surface area contributed by atoms with Gasteiger partial charge in [-0.2, -0.15) is 13.2 Å². The largest absolute Gasteiger partial charge is 0.436 e. The molecule has 0 fully saturated rings. The van der Waals surface area contributed by atoms with Crippen LogP contribution in [0.25, 0.3) is 0 Å². The molecule has 0 aliphatic heterocycles. The van der Waals surface area contributed by atoms with Crippen molar-refractivity contribution in [2.45, 2.75) is 33.1 Å². The second-order valence-corrected chi connectivity index (χ2v) is 5.88. The summed E-state index contributed by atoms with van der Waals surface area (Å²) < 4.78 is 43.7. The van der Waals surface area contributed by atoms with E-state index in [1.165, 1.54) is 0 Å². The van der Waals surface area contributed by atoms with Gasteiger partial charge >= 0.3 is 12.3 Å². The van der Waals surface area contributed by atoms with Crippen LogP contribution in [0, 0.1) is 18.8 Å². The van der Waals surface area contributed by atoms with Gasteiger partial charge in [0, 0.05) is 18.0 Å². The molecule has 0 spiro atoms. The number of carbonyl (C=O) groups excluding carboxylic acids is 2. The maximum atomic E-state index is 13.1. The van der Waals surface area contributed by atoms with E-state index in [1.54, 1.807) is 38.1 Å². The highest BCUT2D eigenvalue weighted by Gasteiger charge is 2.48. The zero-order valence-electron chi connectivity index (χ0n) is 13.7. The molecule has 0 aliphatic rings. The monoisotopic (exact) mass is 346 g/mol. The number of benzene rings is 1. The molecule has 2 atom stereocenters. The highest BCUT2D eigenvalue weighted by molar-refractivity contribution is 5.94. The van der Waals surface area contributed by atoms with Gasteiger partial charge in [-0.25, -0.2) is 4.79 Å². The summed E-state index contributed by atoms with van der Waals surface area (Å²) in [6.07, 6.45) is -8.67. The van der Waals surface area contributed by atoms with Crippen molar-refractivity contribution >= 4 is 12.0 Å². The van der Waals surface area contributed by atoms with Crippen LogP contribution in [-0.2, 0) is 4.74 Å². The van der Waals surface area contributed by atoms with Gasteiger partial charge < -0.3 is 15.8 Å². The number of alkyl halides is 3. The zero-order valence-corrected chi connectivity index (χ0v) is 13.7. The van der Waals surface area contributed by atoms with Gasteiger partial charge in [-0.15, -0.1) is 0 Å². The molecule has 0 radical (unpaired) electrons. The van der Waals surface area contributed by atoms with Gasteiger partial charge in [0.05, 0.1) is 0 Å². The molecule has 0 saturated carbocycles. The fraction of sp³-hybridized carbons (Fsp3) is 0.500. The minimum Gasteiger partial charge on any atom is -0.436 e. The molecule has 2 unspecified atom stereocenters. The van der Waals surface area contributed by atoms with E-state index < -0.39 is 36.1 Å². The van der Waals surface area contributed by atoms with Crippen LogP contribution in [0.2, 0.25) is 0 Å². The van der Waals surface area contributed by atoms with Crippen molar-refractivity contribution < 1.29 is 27.5 Å². The lowest BCUT2D eigenvalue weighted by Gasteiger charge is -2.30. The number of rotatable bonds is 6. The van der Waals surface area contributed by atoms with Crippen LogP contribution in [0.1, 0.15) is 29.8 Å². The minimum atomic E-state index is -4.78. The Balaban J connectivity index is 2.86. The van der Waals surface area contributed by atoms with Gasteiger partial charge in [0.25, 0.3) is 5.91 Å². The van der Waals surface area contributed by atoms with Gasteiger partial charge in [0.15, 0.2) is 0 Å². The maximum absolute atomic E-state index is 13.1. The Morgan fingerprint density at radius 3 is 2.17 bits per heavy atom. The maximum Gasteiger partial charge on any atom is 0.425 e. The van der Waals surface area contributed by atoms with Crippen molar-refractivity contribution in [3.05, 3.63) is 35.4 Å². The van der Waals surface area contributed by atoms with Crippen LogP contribution in [0.5, 0.6) is 0 Å². The van der Waals surface area contributed by atoms with E-state index in [0.29, 0.717) is 5.56 Å². The van der Waals surface area contributed by atoms with E-state index in [9.17, 15) is 22.8 Å². The Bertz CT molecular complexity index is 571. The molecule has 0 aliphatic carbocycles. The van der Waals surface area contributed by atoms with Gasteiger partial charge in [-0.3, -0.25) is 4.79 Å². The Morgan fingerprint density at radius 1 is 1.21 bits per heavy atom. The number of aryl methyl sites for hydroxylation is 1. The summed E-state index contributed by atoms with van der Waals surface area (Å²) in [7, 11) is 0. The second-order valence-electron chi connectivity index (χ2n) is 5.88. The van der Waals surface area contributed by atoms with E-state index in [1.807, 2.05) is 6.92 Å². The summed E-state index contributed by atoms with van der Waals surface area (Å²) in [6.45, 7) is 4.64. The number of hydrogen-bond donors (Lipinski definition) is 2. The summed E-state index contributed by atoms with van der Waals surface area (Å²) in [5.41, 5.74) is 6.03. The third-order valence-electron chi connectivity index (χ3n) is 3.62. The normalized spacial score (nSPS) is 14.1. The summed E-state index contributed by atoms with van der Waals surface area (Å²) in [4.78, 5) is 22.8. The molecule has 2 amide bonds. The number of nitrogens with two attached hydrogens (primary N) is 1. The number of amides is 2. The quantitative estimate of drug-likeness (QED) is 0.831. The molecule has 0 saturated heterocycles. The number of halogens is 3. The van der Waals surface area contributed by atoms with Crippen LogP contribution >= 0.6 is 0 Å². The molecule has 1 rings (SSSR count). The molecule has 5 nitrogen and oxygen atoms in total. The third-order valence-corrected chi connectivity index (χ3v) is 3.62. The van der Waals surface area contributed by atoms with Crippen LogP contribution in [0.4, 0.5) is 18.0 Å². The standard InChI is InChI=1S/C16H21F3N2O3/c1-9(2)12(13(16(17,18)19)24-15(20)23)8-21-14(22)11-6-4-10(3)5-7-11/h4-7,9,12-13H,8H2,1-3H3,(H2,20,23)(H,21,22). The number of hydrogen-bond acceptors (Lipinski definition) is 3. The SMILES string of the molecule is Cc1ccc(C(=O)NCC(C(C)C)C(OC(N)=O)C(F)(F)F)cc1. The zero-order chi connectivity index (χ0) is 18.5. The molecule has 0 aromatic heterocycles. The Kier molecular flexibility index (Phi) is 6.62. The smallest absolute Gasteiger partial charge is 0.425 e. The average molecular weight is 346 g/mol. The molecular weight excluding hydrogens is 325 g/mol. The Labute approximate surface area is 138 Å². The van der Waals surface area contributed by atoms with E-state index in [0.717, 1.165) is 5.56 Å². The molecule has 0 bridgehead atoms. The van der Waals surface area contributed by atoms with Gasteiger partial charge in [0.1, 0.15) is 0 Å². The molecule has 8 heteroatoms. The van der Waals surface area contributed by atoms with Gasteiger partial charge in [-0.05, 0) is 25.0 Å². The van der Waals surface area contributed by atoms with Crippen LogP contribution in [0.3, 0.4) is 0 Å². The first kappa shape index (κ1) is 19.8. The first-order chi connectivity index (χ1) is 11.0. The number of primary amides is 1. The highest BCUT2D eigenvalue weighted by atomic mass is 19.4. The fourth-order valence-corrected chi connectivity index (χ4v) is 2.23. The van der Waals surface area contributed by atoms with Crippen molar-refractivity contribution in [3.8, 4) is 0 Å². The third kappa shape index (κ3) is 5.75. The van der Waals surface area contributed by atoms with Crippen LogP contribution < -0.4 is 11.1 Å². The van der Waals surface area contributed by atoms with E-state index in [-0.39, 0.29) is 6.54 Å². The van der Waals surface area contributed by atoms with Crippen molar-refractivity contribution in [2.24, 2.45) is 17.6 Å². The molecule has 1 aromatic rings. The number of ether oxygens (including phenoxy) is 1. The summed E-state index contributed by atoms with van der Waals surface area (Å²) >= 11 is 0. The lowest BCUT2D eigenvalue weighted by atomic mass is 9.89. The van der Waals surface area contributed by atoms with E-state index >= 15 is 0 Å². The Morgan fingerprint density at radius 2 is 1.75 bits per heavy atom. The predicted molar refractivity (Wildman–Crippen MR) is 82.4 cm³/mol. The first-order valence-corrected chi connectivity index (χ1v) is 7.40.